The van der Waals surface area contributed by atoms with Crippen LogP contribution in [0.1, 0.15) is 5.56 Å². The van der Waals surface area contributed by atoms with Crippen molar-refractivity contribution in [2.24, 2.45) is 0 Å². The zero-order valence-electron chi connectivity index (χ0n) is 7.63. The Morgan fingerprint density at radius 2 is 1.71 bits per heavy atom. The lowest BCUT2D eigenvalue weighted by Gasteiger charge is -2.05. The lowest BCUT2D eigenvalue weighted by atomic mass is 10.2. The molecule has 0 fully saturated rings. The van der Waals surface area contributed by atoms with Gasteiger partial charge in [-0.15, -0.1) is 0 Å². The molecule has 0 aliphatic carbocycles. The van der Waals surface area contributed by atoms with Gasteiger partial charge in [-0.1, -0.05) is 29.3 Å². The maximum Gasteiger partial charge on any atom is 0.147 e. The number of benzene rings is 1. The van der Waals surface area contributed by atoms with Crippen molar-refractivity contribution in [1.82, 2.24) is 0 Å². The second-order valence-corrected chi connectivity index (χ2v) is 6.15. The zero-order valence-corrected chi connectivity index (χ0v) is 9.96. The fourth-order valence-corrected chi connectivity index (χ4v) is 2.22. The van der Waals surface area contributed by atoms with Crippen LogP contribution in [0.2, 0.25) is 10.0 Å². The van der Waals surface area contributed by atoms with Gasteiger partial charge < -0.3 is 0 Å². The van der Waals surface area contributed by atoms with E-state index in [0.717, 1.165) is 0 Å². The van der Waals surface area contributed by atoms with Crippen LogP contribution in [0.5, 0.6) is 0 Å². The van der Waals surface area contributed by atoms with E-state index in [9.17, 15) is 8.42 Å². The summed E-state index contributed by atoms with van der Waals surface area (Å²) in [6, 6.07) is 5.13. The van der Waals surface area contributed by atoms with Crippen LogP contribution in [0.4, 0.5) is 0 Å². The molecule has 0 saturated carbocycles. The van der Waals surface area contributed by atoms with E-state index in [-0.39, 0.29) is 5.75 Å². The number of halogens is 2. The highest BCUT2D eigenvalue weighted by Crippen LogP contribution is 2.24. The van der Waals surface area contributed by atoms with Gasteiger partial charge in [0.05, 0.1) is 5.75 Å². The SMILES string of the molecule is CS(=O)(=O)CCc1c(Cl)cccc1Cl. The molecular formula is C9H10Cl2O2S. The molecule has 0 unspecified atom stereocenters. The normalized spacial score (nSPS) is 11.6. The lowest BCUT2D eigenvalue weighted by Crippen LogP contribution is -2.06. The van der Waals surface area contributed by atoms with Gasteiger partial charge in [-0.25, -0.2) is 8.42 Å². The van der Waals surface area contributed by atoms with Crippen LogP contribution in [0, 0.1) is 0 Å². The maximum absolute atomic E-state index is 10.9. The third-order valence-corrected chi connectivity index (χ3v) is 3.44. The Hall–Kier alpha value is -0.250. The van der Waals surface area contributed by atoms with Crippen molar-refractivity contribution in [3.8, 4) is 0 Å². The highest BCUT2D eigenvalue weighted by atomic mass is 35.5. The van der Waals surface area contributed by atoms with E-state index in [1.54, 1.807) is 18.2 Å². The third kappa shape index (κ3) is 3.48. The lowest BCUT2D eigenvalue weighted by molar-refractivity contribution is 0.601. The summed E-state index contributed by atoms with van der Waals surface area (Å²) in [6.45, 7) is 0. The van der Waals surface area contributed by atoms with Crippen LogP contribution in [-0.4, -0.2) is 20.4 Å². The van der Waals surface area contributed by atoms with Crippen molar-refractivity contribution < 1.29 is 8.42 Å². The first-order chi connectivity index (χ1) is 6.40. The van der Waals surface area contributed by atoms with Crippen molar-refractivity contribution in [2.45, 2.75) is 6.42 Å². The molecule has 1 rings (SSSR count). The average Bonchev–Trinajstić information content (AvgIpc) is 2.01. The van der Waals surface area contributed by atoms with Crippen LogP contribution in [0.15, 0.2) is 18.2 Å². The molecule has 0 aliphatic rings. The number of sulfone groups is 1. The van der Waals surface area contributed by atoms with Crippen LogP contribution < -0.4 is 0 Å². The van der Waals surface area contributed by atoms with Crippen molar-refractivity contribution in [1.29, 1.82) is 0 Å². The molecule has 0 saturated heterocycles. The Morgan fingerprint density at radius 3 is 2.14 bits per heavy atom. The molecule has 0 heterocycles. The van der Waals surface area contributed by atoms with Gasteiger partial charge in [-0.3, -0.25) is 0 Å². The fourth-order valence-electron chi connectivity index (χ4n) is 1.06. The minimum Gasteiger partial charge on any atom is -0.229 e. The van der Waals surface area contributed by atoms with Gasteiger partial charge in [-0.05, 0) is 24.1 Å². The van der Waals surface area contributed by atoms with Gasteiger partial charge >= 0.3 is 0 Å². The van der Waals surface area contributed by atoms with Crippen molar-refractivity contribution in [2.75, 3.05) is 12.0 Å². The minimum absolute atomic E-state index is 0.0659. The first kappa shape index (κ1) is 11.8. The average molecular weight is 253 g/mol. The van der Waals surface area contributed by atoms with Crippen LogP contribution >= 0.6 is 23.2 Å². The highest BCUT2D eigenvalue weighted by molar-refractivity contribution is 7.90. The van der Waals surface area contributed by atoms with Crippen molar-refractivity contribution >= 4 is 33.0 Å². The first-order valence-electron chi connectivity index (χ1n) is 4.01. The van der Waals surface area contributed by atoms with E-state index in [2.05, 4.69) is 0 Å². The largest absolute Gasteiger partial charge is 0.229 e. The van der Waals surface area contributed by atoms with Gasteiger partial charge in [0.1, 0.15) is 9.84 Å². The molecule has 0 amide bonds. The second kappa shape index (κ2) is 4.51. The molecule has 0 radical (unpaired) electrons. The fraction of sp³-hybridized carbons (Fsp3) is 0.333. The highest BCUT2D eigenvalue weighted by Gasteiger charge is 2.08. The third-order valence-electron chi connectivity index (χ3n) is 1.78. The molecule has 1 aromatic rings. The Balaban J connectivity index is 2.87. The summed E-state index contributed by atoms with van der Waals surface area (Å²) in [6.07, 6.45) is 1.55. The topological polar surface area (TPSA) is 34.1 Å². The van der Waals surface area contributed by atoms with E-state index in [1.165, 1.54) is 6.26 Å². The minimum atomic E-state index is -2.97. The predicted octanol–water partition coefficient (Wildman–Crippen LogP) is 2.58. The van der Waals surface area contributed by atoms with Gasteiger partial charge in [0.25, 0.3) is 0 Å². The van der Waals surface area contributed by atoms with E-state index in [1.807, 2.05) is 0 Å². The van der Waals surface area contributed by atoms with E-state index >= 15 is 0 Å². The molecule has 2 nitrogen and oxygen atoms in total. The molecule has 78 valence electrons. The molecule has 0 aliphatic heterocycles. The smallest absolute Gasteiger partial charge is 0.147 e. The zero-order chi connectivity index (χ0) is 10.8. The maximum atomic E-state index is 10.9. The Labute approximate surface area is 93.8 Å². The molecule has 5 heteroatoms. The molecule has 0 bridgehead atoms. The molecule has 14 heavy (non-hydrogen) atoms. The summed E-state index contributed by atoms with van der Waals surface area (Å²) in [5, 5.41) is 1.03. The Morgan fingerprint density at radius 1 is 1.21 bits per heavy atom. The molecule has 0 N–H and O–H groups in total. The van der Waals surface area contributed by atoms with Gasteiger partial charge in [0, 0.05) is 16.3 Å². The predicted molar refractivity (Wildman–Crippen MR) is 59.9 cm³/mol. The van der Waals surface area contributed by atoms with Crippen LogP contribution in [0.25, 0.3) is 0 Å². The standard InChI is InChI=1S/C9H10Cl2O2S/c1-14(12,13)6-5-7-8(10)3-2-4-9(7)11/h2-4H,5-6H2,1H3. The summed E-state index contributed by atoms with van der Waals surface area (Å²) in [7, 11) is -2.97. The number of rotatable bonds is 3. The van der Waals surface area contributed by atoms with Crippen molar-refractivity contribution in [3.63, 3.8) is 0 Å². The Bertz CT molecular complexity index is 406. The van der Waals surface area contributed by atoms with E-state index in [4.69, 9.17) is 23.2 Å². The summed E-state index contributed by atoms with van der Waals surface area (Å²) in [5.74, 6) is 0.0659. The van der Waals surface area contributed by atoms with E-state index < -0.39 is 9.84 Å². The van der Waals surface area contributed by atoms with Crippen LogP contribution in [-0.2, 0) is 16.3 Å². The quantitative estimate of drug-likeness (QED) is 0.829. The molecule has 0 atom stereocenters. The molecule has 1 aromatic carbocycles. The molecular weight excluding hydrogens is 243 g/mol. The van der Waals surface area contributed by atoms with Gasteiger partial charge in [-0.2, -0.15) is 0 Å². The van der Waals surface area contributed by atoms with E-state index in [0.29, 0.717) is 22.0 Å². The first-order valence-corrected chi connectivity index (χ1v) is 6.82. The summed E-state index contributed by atoms with van der Waals surface area (Å²) < 4.78 is 21.9. The number of hydrogen-bond acceptors (Lipinski definition) is 2. The van der Waals surface area contributed by atoms with Gasteiger partial charge in [0.2, 0.25) is 0 Å². The van der Waals surface area contributed by atoms with Crippen LogP contribution in [0.3, 0.4) is 0 Å². The summed E-state index contributed by atoms with van der Waals surface area (Å²) in [5.41, 5.74) is 0.696. The number of hydrogen-bond donors (Lipinski definition) is 0. The van der Waals surface area contributed by atoms with Gasteiger partial charge in [0.15, 0.2) is 0 Å². The monoisotopic (exact) mass is 252 g/mol. The molecule has 0 spiro atoms. The molecule has 0 aromatic heterocycles. The Kier molecular flexibility index (Phi) is 3.81. The summed E-state index contributed by atoms with van der Waals surface area (Å²) >= 11 is 11.8. The van der Waals surface area contributed by atoms with Crippen molar-refractivity contribution in [3.05, 3.63) is 33.8 Å². The second-order valence-electron chi connectivity index (χ2n) is 3.08. The summed E-state index contributed by atoms with van der Waals surface area (Å²) in [4.78, 5) is 0.